The van der Waals surface area contributed by atoms with Gasteiger partial charge in [0.05, 0.1) is 12.2 Å². The number of anilines is 1. The number of hydrogen-bond acceptors (Lipinski definition) is 3. The molecule has 3 atom stereocenters. The molecule has 3 unspecified atom stereocenters. The van der Waals surface area contributed by atoms with E-state index in [1.807, 2.05) is 0 Å². The summed E-state index contributed by atoms with van der Waals surface area (Å²) in [5.74, 6) is 0. The molecule has 2 heterocycles. The topological polar surface area (TPSA) is 38.5 Å². The van der Waals surface area contributed by atoms with Crippen LogP contribution in [-0.4, -0.2) is 31.3 Å². The van der Waals surface area contributed by atoms with Crippen molar-refractivity contribution >= 4 is 5.69 Å². The maximum atomic E-state index is 6.05. The maximum Gasteiger partial charge on any atom is 0.0755 e. The zero-order chi connectivity index (χ0) is 14.1. The summed E-state index contributed by atoms with van der Waals surface area (Å²) in [6, 6.07) is 7.11. The first-order chi connectivity index (χ1) is 9.65. The molecule has 3 heteroatoms. The SMILES string of the molecule is CCC(N)Cc1ccc(N2CC3CCC(C2)O3)c(C)c1. The largest absolute Gasteiger partial charge is 0.371 e. The molecule has 0 spiro atoms. The van der Waals surface area contributed by atoms with Gasteiger partial charge in [-0.05, 0) is 49.8 Å². The fraction of sp³-hybridized carbons (Fsp3) is 0.647. The van der Waals surface area contributed by atoms with Crippen LogP contribution in [0.4, 0.5) is 5.69 Å². The number of benzene rings is 1. The number of hydrogen-bond donors (Lipinski definition) is 1. The summed E-state index contributed by atoms with van der Waals surface area (Å²) in [5, 5.41) is 0. The van der Waals surface area contributed by atoms with Gasteiger partial charge in [0.15, 0.2) is 0 Å². The molecular weight excluding hydrogens is 248 g/mol. The molecule has 20 heavy (non-hydrogen) atoms. The molecule has 0 amide bonds. The highest BCUT2D eigenvalue weighted by atomic mass is 16.5. The van der Waals surface area contributed by atoms with E-state index in [1.165, 1.54) is 29.7 Å². The predicted octanol–water partition coefficient (Wildman–Crippen LogP) is 2.64. The summed E-state index contributed by atoms with van der Waals surface area (Å²) in [4.78, 5) is 2.50. The van der Waals surface area contributed by atoms with Gasteiger partial charge in [0, 0.05) is 24.8 Å². The minimum atomic E-state index is 0.277. The van der Waals surface area contributed by atoms with Crippen molar-refractivity contribution < 1.29 is 4.74 Å². The van der Waals surface area contributed by atoms with E-state index in [4.69, 9.17) is 10.5 Å². The lowest BCUT2D eigenvalue weighted by atomic mass is 10.0. The lowest BCUT2D eigenvalue weighted by Gasteiger charge is -2.35. The molecular formula is C17H26N2O. The Kier molecular flexibility index (Phi) is 3.99. The van der Waals surface area contributed by atoms with E-state index < -0.39 is 0 Å². The second kappa shape index (κ2) is 5.74. The van der Waals surface area contributed by atoms with Crippen molar-refractivity contribution in [3.8, 4) is 0 Å². The van der Waals surface area contributed by atoms with Gasteiger partial charge < -0.3 is 15.4 Å². The van der Waals surface area contributed by atoms with Crippen LogP contribution in [0.3, 0.4) is 0 Å². The molecule has 0 radical (unpaired) electrons. The van der Waals surface area contributed by atoms with Crippen LogP contribution in [0.25, 0.3) is 0 Å². The van der Waals surface area contributed by atoms with Crippen molar-refractivity contribution in [1.82, 2.24) is 0 Å². The Morgan fingerprint density at radius 2 is 2.00 bits per heavy atom. The Bertz CT molecular complexity index is 462. The van der Waals surface area contributed by atoms with Gasteiger partial charge in [0.25, 0.3) is 0 Å². The van der Waals surface area contributed by atoms with Gasteiger partial charge in [0.2, 0.25) is 0 Å². The number of nitrogens with zero attached hydrogens (tertiary/aromatic N) is 1. The van der Waals surface area contributed by atoms with Crippen molar-refractivity contribution in [2.75, 3.05) is 18.0 Å². The van der Waals surface area contributed by atoms with Gasteiger partial charge in [-0.3, -0.25) is 0 Å². The van der Waals surface area contributed by atoms with Crippen molar-refractivity contribution in [3.63, 3.8) is 0 Å². The standard InChI is InChI=1S/C17H26N2O/c1-3-14(18)9-13-4-7-17(12(2)8-13)19-10-15-5-6-16(11-19)20-15/h4,7-8,14-16H,3,5-6,9-11,18H2,1-2H3. The molecule has 1 aromatic carbocycles. The molecule has 0 aromatic heterocycles. The summed E-state index contributed by atoms with van der Waals surface area (Å²) in [5.41, 5.74) is 10.2. The van der Waals surface area contributed by atoms with Crippen LogP contribution in [0.15, 0.2) is 18.2 Å². The van der Waals surface area contributed by atoms with E-state index >= 15 is 0 Å². The second-order valence-electron chi connectivity index (χ2n) is 6.36. The summed E-state index contributed by atoms with van der Waals surface area (Å²) < 4.78 is 5.92. The van der Waals surface area contributed by atoms with Gasteiger partial charge in [-0.25, -0.2) is 0 Å². The Morgan fingerprint density at radius 1 is 1.30 bits per heavy atom. The van der Waals surface area contributed by atoms with E-state index in [0.717, 1.165) is 25.9 Å². The lowest BCUT2D eigenvalue weighted by molar-refractivity contribution is 0.0304. The molecule has 3 nitrogen and oxygen atoms in total. The minimum absolute atomic E-state index is 0.277. The normalized spacial score (nSPS) is 26.9. The van der Waals surface area contributed by atoms with E-state index in [1.54, 1.807) is 0 Å². The molecule has 2 aliphatic rings. The molecule has 3 rings (SSSR count). The molecule has 1 aromatic rings. The molecule has 2 saturated heterocycles. The van der Waals surface area contributed by atoms with Gasteiger partial charge >= 0.3 is 0 Å². The summed E-state index contributed by atoms with van der Waals surface area (Å²) >= 11 is 0. The molecule has 0 aliphatic carbocycles. The Labute approximate surface area is 122 Å². The van der Waals surface area contributed by atoms with E-state index in [2.05, 4.69) is 36.9 Å². The summed E-state index contributed by atoms with van der Waals surface area (Å²) in [6.45, 7) is 6.46. The van der Waals surface area contributed by atoms with Crippen LogP contribution < -0.4 is 10.6 Å². The van der Waals surface area contributed by atoms with Gasteiger partial charge in [-0.1, -0.05) is 19.1 Å². The zero-order valence-corrected chi connectivity index (χ0v) is 12.6. The summed E-state index contributed by atoms with van der Waals surface area (Å²) in [7, 11) is 0. The molecule has 2 bridgehead atoms. The smallest absolute Gasteiger partial charge is 0.0755 e. The van der Waals surface area contributed by atoms with Crippen molar-refractivity contribution in [2.45, 2.75) is 57.8 Å². The van der Waals surface area contributed by atoms with Crippen LogP contribution in [-0.2, 0) is 11.2 Å². The first-order valence-electron chi connectivity index (χ1n) is 7.91. The van der Waals surface area contributed by atoms with Crippen molar-refractivity contribution in [1.29, 1.82) is 0 Å². The van der Waals surface area contributed by atoms with E-state index in [0.29, 0.717) is 12.2 Å². The fourth-order valence-corrected chi connectivity index (χ4v) is 3.46. The number of morpholine rings is 1. The third-order valence-corrected chi connectivity index (χ3v) is 4.67. The minimum Gasteiger partial charge on any atom is -0.371 e. The van der Waals surface area contributed by atoms with Crippen molar-refractivity contribution in [2.24, 2.45) is 5.73 Å². The van der Waals surface area contributed by atoms with E-state index in [9.17, 15) is 0 Å². The molecule has 110 valence electrons. The summed E-state index contributed by atoms with van der Waals surface area (Å²) in [6.07, 6.45) is 5.36. The first kappa shape index (κ1) is 13.9. The van der Waals surface area contributed by atoms with Crippen LogP contribution in [0.1, 0.15) is 37.3 Å². The average Bonchev–Trinajstić information content (AvgIpc) is 2.77. The number of rotatable bonds is 4. The third kappa shape index (κ3) is 2.84. The first-order valence-corrected chi connectivity index (χ1v) is 7.91. The Balaban J connectivity index is 1.74. The highest BCUT2D eigenvalue weighted by Crippen LogP contribution is 2.31. The molecule has 2 N–H and O–H groups in total. The lowest BCUT2D eigenvalue weighted by Crippen LogP contribution is -2.42. The fourth-order valence-electron chi connectivity index (χ4n) is 3.46. The van der Waals surface area contributed by atoms with Gasteiger partial charge in [-0.15, -0.1) is 0 Å². The monoisotopic (exact) mass is 274 g/mol. The highest BCUT2D eigenvalue weighted by Gasteiger charge is 2.34. The van der Waals surface area contributed by atoms with Crippen LogP contribution >= 0.6 is 0 Å². The van der Waals surface area contributed by atoms with Crippen molar-refractivity contribution in [3.05, 3.63) is 29.3 Å². The number of ether oxygens (including phenoxy) is 1. The number of aryl methyl sites for hydroxylation is 1. The number of nitrogens with two attached hydrogens (primary N) is 1. The third-order valence-electron chi connectivity index (χ3n) is 4.67. The Morgan fingerprint density at radius 3 is 2.60 bits per heavy atom. The van der Waals surface area contributed by atoms with Crippen LogP contribution in [0, 0.1) is 6.92 Å². The van der Waals surface area contributed by atoms with Crippen LogP contribution in [0.2, 0.25) is 0 Å². The molecule has 2 fully saturated rings. The Hall–Kier alpha value is -1.06. The predicted molar refractivity (Wildman–Crippen MR) is 83.3 cm³/mol. The highest BCUT2D eigenvalue weighted by molar-refractivity contribution is 5.55. The zero-order valence-electron chi connectivity index (χ0n) is 12.6. The van der Waals surface area contributed by atoms with Gasteiger partial charge in [0.1, 0.15) is 0 Å². The number of fused-ring (bicyclic) bond motifs is 2. The maximum absolute atomic E-state index is 6.05. The quantitative estimate of drug-likeness (QED) is 0.917. The van der Waals surface area contributed by atoms with Crippen LogP contribution in [0.5, 0.6) is 0 Å². The molecule has 0 saturated carbocycles. The van der Waals surface area contributed by atoms with E-state index in [-0.39, 0.29) is 6.04 Å². The van der Waals surface area contributed by atoms with Gasteiger partial charge in [-0.2, -0.15) is 0 Å². The second-order valence-corrected chi connectivity index (χ2v) is 6.36. The molecule has 2 aliphatic heterocycles. The average molecular weight is 274 g/mol.